The van der Waals surface area contributed by atoms with E-state index in [1.807, 2.05) is 20.8 Å². The van der Waals surface area contributed by atoms with E-state index < -0.39 is 6.09 Å². The maximum Gasteiger partial charge on any atom is 0.407 e. The fourth-order valence-electron chi connectivity index (χ4n) is 2.65. The Labute approximate surface area is 109 Å². The summed E-state index contributed by atoms with van der Waals surface area (Å²) in [7, 11) is 0. The average molecular weight is 255 g/mol. The molecule has 104 valence electrons. The van der Waals surface area contributed by atoms with Crippen LogP contribution in [0.25, 0.3) is 0 Å². The molecule has 1 amide bonds. The molecular weight excluding hydrogens is 230 g/mol. The van der Waals surface area contributed by atoms with E-state index in [2.05, 4.69) is 0 Å². The molecule has 4 heteroatoms. The van der Waals surface area contributed by atoms with Crippen molar-refractivity contribution >= 4 is 11.9 Å². The van der Waals surface area contributed by atoms with Gasteiger partial charge in [-0.05, 0) is 59.3 Å². The van der Waals surface area contributed by atoms with Crippen LogP contribution in [0.1, 0.15) is 53.4 Å². The van der Waals surface area contributed by atoms with Gasteiger partial charge in [-0.1, -0.05) is 0 Å². The van der Waals surface area contributed by atoms with Crippen molar-refractivity contribution in [2.75, 3.05) is 6.54 Å². The molecule has 0 radical (unpaired) electrons. The lowest BCUT2D eigenvalue weighted by molar-refractivity contribution is -0.122. The molecule has 0 atom stereocenters. The second kappa shape index (κ2) is 5.72. The van der Waals surface area contributed by atoms with E-state index in [1.165, 1.54) is 4.90 Å². The molecule has 1 N–H and O–H groups in total. The topological polar surface area (TPSA) is 57.6 Å². The predicted octanol–water partition coefficient (Wildman–Crippen LogP) is 3.16. The molecule has 0 aromatic heterocycles. The van der Waals surface area contributed by atoms with Gasteiger partial charge in [0.05, 0.1) is 0 Å². The first-order valence-corrected chi connectivity index (χ1v) is 6.73. The van der Waals surface area contributed by atoms with Crippen molar-refractivity contribution in [1.29, 1.82) is 0 Å². The van der Waals surface area contributed by atoms with E-state index in [4.69, 9.17) is 0 Å². The van der Waals surface area contributed by atoms with Crippen LogP contribution in [0.2, 0.25) is 0 Å². The third kappa shape index (κ3) is 4.00. The van der Waals surface area contributed by atoms with Gasteiger partial charge in [0.1, 0.15) is 5.78 Å². The van der Waals surface area contributed by atoms with Gasteiger partial charge >= 0.3 is 6.09 Å². The van der Waals surface area contributed by atoms with Gasteiger partial charge in [0.25, 0.3) is 0 Å². The average Bonchev–Trinajstić information content (AvgIpc) is 2.24. The highest BCUT2D eigenvalue weighted by molar-refractivity contribution is 5.78. The number of hydrogen-bond acceptors (Lipinski definition) is 2. The first-order chi connectivity index (χ1) is 8.21. The molecule has 0 heterocycles. The lowest BCUT2D eigenvalue weighted by Gasteiger charge is -2.37. The summed E-state index contributed by atoms with van der Waals surface area (Å²) in [5.41, 5.74) is -0.358. The number of nitrogens with zero attached hydrogens (tertiary/aromatic N) is 1. The Balaban J connectivity index is 2.53. The molecule has 1 aliphatic carbocycles. The third-order valence-corrected chi connectivity index (χ3v) is 3.90. The lowest BCUT2D eigenvalue weighted by atomic mass is 9.80. The number of hydrogen-bond donors (Lipinski definition) is 1. The maximum absolute atomic E-state index is 11.3. The number of carbonyl (C=O) groups is 2. The molecule has 0 aromatic rings. The van der Waals surface area contributed by atoms with Crippen LogP contribution in [0.3, 0.4) is 0 Å². The highest BCUT2D eigenvalue weighted by atomic mass is 16.4. The zero-order valence-electron chi connectivity index (χ0n) is 11.9. The number of rotatable bonds is 3. The van der Waals surface area contributed by atoms with Crippen molar-refractivity contribution in [3.8, 4) is 0 Å². The van der Waals surface area contributed by atoms with Crippen molar-refractivity contribution in [3.63, 3.8) is 0 Å². The summed E-state index contributed by atoms with van der Waals surface area (Å²) in [4.78, 5) is 24.1. The molecule has 0 spiro atoms. The Kier molecular flexibility index (Phi) is 4.77. The number of amides is 1. The summed E-state index contributed by atoms with van der Waals surface area (Å²) in [5.74, 6) is 0.879. The number of carbonyl (C=O) groups excluding carboxylic acids is 1. The molecule has 1 aliphatic rings. The molecule has 1 saturated carbocycles. The Morgan fingerprint density at radius 3 is 2.00 bits per heavy atom. The summed E-state index contributed by atoms with van der Waals surface area (Å²) in [6.07, 6.45) is 2.90. The fraction of sp³-hybridized carbons (Fsp3) is 0.857. The molecule has 0 saturated heterocycles. The number of carboxylic acid groups (broad SMARTS) is 1. The first-order valence-electron chi connectivity index (χ1n) is 6.73. The molecule has 0 aromatic carbocycles. The Morgan fingerprint density at radius 1 is 1.17 bits per heavy atom. The zero-order valence-corrected chi connectivity index (χ0v) is 11.9. The van der Waals surface area contributed by atoms with Crippen molar-refractivity contribution in [2.24, 2.45) is 11.8 Å². The van der Waals surface area contributed by atoms with Gasteiger partial charge in [-0.25, -0.2) is 4.79 Å². The van der Waals surface area contributed by atoms with Crippen molar-refractivity contribution < 1.29 is 14.7 Å². The van der Waals surface area contributed by atoms with Crippen LogP contribution in [0.4, 0.5) is 4.79 Å². The van der Waals surface area contributed by atoms with Gasteiger partial charge in [0.15, 0.2) is 0 Å². The molecule has 4 nitrogen and oxygen atoms in total. The second-order valence-electron chi connectivity index (χ2n) is 6.39. The highest BCUT2D eigenvalue weighted by Crippen LogP contribution is 2.31. The summed E-state index contributed by atoms with van der Waals surface area (Å²) >= 11 is 0. The summed E-state index contributed by atoms with van der Waals surface area (Å²) < 4.78 is 0. The van der Waals surface area contributed by atoms with Crippen LogP contribution in [0.15, 0.2) is 0 Å². The Hall–Kier alpha value is -1.06. The van der Waals surface area contributed by atoms with Crippen LogP contribution in [0, 0.1) is 11.8 Å². The quantitative estimate of drug-likeness (QED) is 0.842. The Morgan fingerprint density at radius 2 is 1.67 bits per heavy atom. The number of Topliss-reactive ketones (excluding diaryl/α,β-unsaturated/α-hetero) is 1. The summed E-state index contributed by atoms with van der Waals surface area (Å²) in [6, 6.07) is 0. The van der Waals surface area contributed by atoms with Crippen molar-refractivity contribution in [3.05, 3.63) is 0 Å². The van der Waals surface area contributed by atoms with Gasteiger partial charge in [0, 0.05) is 18.0 Å². The summed E-state index contributed by atoms with van der Waals surface area (Å²) in [6.45, 7) is 8.00. The molecule has 18 heavy (non-hydrogen) atoms. The monoisotopic (exact) mass is 255 g/mol. The van der Waals surface area contributed by atoms with Crippen molar-refractivity contribution in [2.45, 2.75) is 58.9 Å². The molecule has 0 aliphatic heterocycles. The van der Waals surface area contributed by atoms with Gasteiger partial charge in [-0.15, -0.1) is 0 Å². The third-order valence-electron chi connectivity index (χ3n) is 3.90. The molecule has 0 unspecified atom stereocenters. The second-order valence-corrected chi connectivity index (χ2v) is 6.39. The van der Waals surface area contributed by atoms with Crippen LogP contribution < -0.4 is 0 Å². The van der Waals surface area contributed by atoms with E-state index in [0.717, 1.165) is 25.7 Å². The SMILES string of the molecule is CC(=O)[C@H]1CC[C@H](CN(C(=O)O)C(C)(C)C)CC1. The first kappa shape index (κ1) is 15.0. The molecule has 1 fully saturated rings. The minimum atomic E-state index is -0.851. The predicted molar refractivity (Wildman–Crippen MR) is 70.6 cm³/mol. The molecule has 1 rings (SSSR count). The van der Waals surface area contributed by atoms with E-state index in [-0.39, 0.29) is 17.2 Å². The van der Waals surface area contributed by atoms with Crippen molar-refractivity contribution in [1.82, 2.24) is 4.90 Å². The Bertz CT molecular complexity index is 311. The van der Waals surface area contributed by atoms with E-state index in [1.54, 1.807) is 6.92 Å². The zero-order chi connectivity index (χ0) is 13.9. The van der Waals surface area contributed by atoms with E-state index in [9.17, 15) is 14.7 Å². The largest absolute Gasteiger partial charge is 0.465 e. The van der Waals surface area contributed by atoms with E-state index >= 15 is 0 Å². The minimum Gasteiger partial charge on any atom is -0.465 e. The smallest absolute Gasteiger partial charge is 0.407 e. The maximum atomic E-state index is 11.3. The van der Waals surface area contributed by atoms with Gasteiger partial charge < -0.3 is 10.0 Å². The van der Waals surface area contributed by atoms with Gasteiger partial charge in [-0.2, -0.15) is 0 Å². The standard InChI is InChI=1S/C14H25NO3/c1-10(16)12-7-5-11(6-8-12)9-15(13(17)18)14(2,3)4/h11-12H,5-9H2,1-4H3,(H,17,18)/t11-,12-. The van der Waals surface area contributed by atoms with Crippen LogP contribution in [-0.2, 0) is 4.79 Å². The molecular formula is C14H25NO3. The van der Waals surface area contributed by atoms with E-state index in [0.29, 0.717) is 12.5 Å². The van der Waals surface area contributed by atoms with Gasteiger partial charge in [-0.3, -0.25) is 4.79 Å². The minimum absolute atomic E-state index is 0.203. The van der Waals surface area contributed by atoms with Crippen LogP contribution in [-0.4, -0.2) is 34.0 Å². The lowest BCUT2D eigenvalue weighted by Crippen LogP contribution is -2.47. The fourth-order valence-corrected chi connectivity index (χ4v) is 2.65. The summed E-state index contributed by atoms with van der Waals surface area (Å²) in [5, 5.41) is 9.25. The van der Waals surface area contributed by atoms with Gasteiger partial charge in [0.2, 0.25) is 0 Å². The van der Waals surface area contributed by atoms with Crippen LogP contribution in [0.5, 0.6) is 0 Å². The molecule has 0 bridgehead atoms. The number of ketones is 1. The normalized spacial score (nSPS) is 24.7. The van der Waals surface area contributed by atoms with Crippen LogP contribution >= 0.6 is 0 Å². The highest BCUT2D eigenvalue weighted by Gasteiger charge is 2.31.